The fraction of sp³-hybridized carbons (Fsp3) is 0.412. The zero-order chi connectivity index (χ0) is 14.8. The van der Waals surface area contributed by atoms with Gasteiger partial charge < -0.3 is 14.8 Å². The van der Waals surface area contributed by atoms with E-state index in [0.717, 1.165) is 18.0 Å². The van der Waals surface area contributed by atoms with Crippen molar-refractivity contribution in [3.63, 3.8) is 0 Å². The Labute approximate surface area is 129 Å². The van der Waals surface area contributed by atoms with Gasteiger partial charge in [-0.25, -0.2) is 0 Å². The number of hydrogen-bond acceptors (Lipinski definition) is 4. The molecule has 3 rings (SSSR count). The van der Waals surface area contributed by atoms with Gasteiger partial charge in [-0.1, -0.05) is 0 Å². The third-order valence-corrected chi connectivity index (χ3v) is 4.76. The molecule has 1 fully saturated rings. The van der Waals surface area contributed by atoms with E-state index in [1.165, 1.54) is 34.4 Å². The first kappa shape index (κ1) is 14.4. The molecule has 0 radical (unpaired) electrons. The van der Waals surface area contributed by atoms with E-state index >= 15 is 0 Å². The van der Waals surface area contributed by atoms with Crippen molar-refractivity contribution in [3.8, 4) is 22.6 Å². The van der Waals surface area contributed by atoms with Gasteiger partial charge in [-0.3, -0.25) is 0 Å². The van der Waals surface area contributed by atoms with Crippen molar-refractivity contribution in [3.05, 3.63) is 34.0 Å². The number of hydrogen-bond donors (Lipinski definition) is 1. The first-order valence-electron chi connectivity index (χ1n) is 7.25. The molecular formula is C17H21NO2S. The molecule has 1 N–H and O–H groups in total. The smallest absolute Gasteiger partial charge is 0.161 e. The van der Waals surface area contributed by atoms with E-state index < -0.39 is 0 Å². The van der Waals surface area contributed by atoms with Crippen LogP contribution in [0.3, 0.4) is 0 Å². The van der Waals surface area contributed by atoms with E-state index in [0.29, 0.717) is 6.04 Å². The Kier molecular flexibility index (Phi) is 4.17. The number of rotatable bonds is 6. The van der Waals surface area contributed by atoms with Gasteiger partial charge in [-0.15, -0.1) is 11.3 Å². The molecule has 0 amide bonds. The molecule has 0 bridgehead atoms. The van der Waals surface area contributed by atoms with Gasteiger partial charge in [0.15, 0.2) is 11.5 Å². The summed E-state index contributed by atoms with van der Waals surface area (Å²) in [7, 11) is 3.37. The fourth-order valence-electron chi connectivity index (χ4n) is 2.52. The number of benzene rings is 1. The molecule has 1 heterocycles. The second kappa shape index (κ2) is 6.08. The lowest BCUT2D eigenvalue weighted by Crippen LogP contribution is -2.16. The Morgan fingerprint density at radius 1 is 1.14 bits per heavy atom. The van der Waals surface area contributed by atoms with Crippen LogP contribution >= 0.6 is 11.3 Å². The van der Waals surface area contributed by atoms with Crippen LogP contribution in [0.2, 0.25) is 0 Å². The Bertz CT molecular complexity index is 632. The Hall–Kier alpha value is -1.52. The summed E-state index contributed by atoms with van der Waals surface area (Å²) >= 11 is 1.78. The maximum Gasteiger partial charge on any atom is 0.161 e. The Morgan fingerprint density at radius 2 is 1.86 bits per heavy atom. The number of nitrogens with one attached hydrogen (secondary N) is 1. The SMILES string of the molecule is COc1cc(CNC2CC2)c(-c2ccsc2C)cc1OC. The highest BCUT2D eigenvalue weighted by molar-refractivity contribution is 7.10. The molecule has 3 nitrogen and oxygen atoms in total. The average molecular weight is 303 g/mol. The predicted molar refractivity (Wildman–Crippen MR) is 87.5 cm³/mol. The van der Waals surface area contributed by atoms with Crippen molar-refractivity contribution in [2.75, 3.05) is 14.2 Å². The van der Waals surface area contributed by atoms with Crippen molar-refractivity contribution >= 4 is 11.3 Å². The van der Waals surface area contributed by atoms with Crippen LogP contribution in [0.25, 0.3) is 11.1 Å². The minimum Gasteiger partial charge on any atom is -0.493 e. The summed E-state index contributed by atoms with van der Waals surface area (Å²) in [5.41, 5.74) is 3.79. The summed E-state index contributed by atoms with van der Waals surface area (Å²) < 4.78 is 10.9. The molecular weight excluding hydrogens is 282 g/mol. The highest BCUT2D eigenvalue weighted by Gasteiger charge is 2.21. The van der Waals surface area contributed by atoms with Gasteiger partial charge in [-0.05, 0) is 60.0 Å². The van der Waals surface area contributed by atoms with Gasteiger partial charge in [0.25, 0.3) is 0 Å². The summed E-state index contributed by atoms with van der Waals surface area (Å²) in [5, 5.41) is 5.73. The van der Waals surface area contributed by atoms with Crippen LogP contribution in [0.15, 0.2) is 23.6 Å². The maximum absolute atomic E-state index is 5.47. The minimum absolute atomic E-state index is 0.689. The zero-order valence-electron chi connectivity index (χ0n) is 12.7. The lowest BCUT2D eigenvalue weighted by Gasteiger charge is -2.15. The molecule has 2 aromatic rings. The van der Waals surface area contributed by atoms with Crippen molar-refractivity contribution < 1.29 is 9.47 Å². The molecule has 21 heavy (non-hydrogen) atoms. The summed E-state index contributed by atoms with van der Waals surface area (Å²) in [6, 6.07) is 7.06. The monoisotopic (exact) mass is 303 g/mol. The van der Waals surface area contributed by atoms with E-state index in [4.69, 9.17) is 9.47 Å². The molecule has 4 heteroatoms. The summed E-state index contributed by atoms with van der Waals surface area (Å²) in [4.78, 5) is 1.33. The van der Waals surface area contributed by atoms with E-state index in [-0.39, 0.29) is 0 Å². The van der Waals surface area contributed by atoms with Crippen molar-refractivity contribution in [1.82, 2.24) is 5.32 Å². The van der Waals surface area contributed by atoms with Gasteiger partial charge in [0, 0.05) is 17.5 Å². The Balaban J connectivity index is 2.02. The predicted octanol–water partition coefficient (Wildman–Crippen LogP) is 3.99. The third kappa shape index (κ3) is 3.06. The molecule has 0 unspecified atom stereocenters. The molecule has 0 aliphatic heterocycles. The van der Waals surface area contributed by atoms with Gasteiger partial charge in [-0.2, -0.15) is 0 Å². The molecule has 112 valence electrons. The Morgan fingerprint density at radius 3 is 2.43 bits per heavy atom. The van der Waals surface area contributed by atoms with Gasteiger partial charge in [0.1, 0.15) is 0 Å². The highest BCUT2D eigenvalue weighted by atomic mass is 32.1. The van der Waals surface area contributed by atoms with Crippen molar-refractivity contribution in [2.45, 2.75) is 32.4 Å². The van der Waals surface area contributed by atoms with E-state index in [1.54, 1.807) is 25.6 Å². The fourth-order valence-corrected chi connectivity index (χ4v) is 3.24. The van der Waals surface area contributed by atoms with Gasteiger partial charge in [0.05, 0.1) is 14.2 Å². The first-order valence-corrected chi connectivity index (χ1v) is 8.13. The van der Waals surface area contributed by atoms with E-state index in [9.17, 15) is 0 Å². The molecule has 0 spiro atoms. The summed E-state index contributed by atoms with van der Waals surface area (Å²) in [6.07, 6.45) is 2.58. The molecule has 0 saturated heterocycles. The van der Waals surface area contributed by atoms with Crippen LogP contribution in [-0.2, 0) is 6.54 Å². The van der Waals surface area contributed by atoms with Gasteiger partial charge >= 0.3 is 0 Å². The molecule has 1 aliphatic rings. The maximum atomic E-state index is 5.47. The van der Waals surface area contributed by atoms with Crippen molar-refractivity contribution in [2.24, 2.45) is 0 Å². The molecule has 1 saturated carbocycles. The number of thiophene rings is 1. The van der Waals surface area contributed by atoms with Crippen LogP contribution in [0.5, 0.6) is 11.5 Å². The number of aryl methyl sites for hydroxylation is 1. The molecule has 0 atom stereocenters. The molecule has 1 aliphatic carbocycles. The second-order valence-electron chi connectivity index (χ2n) is 5.41. The topological polar surface area (TPSA) is 30.5 Å². The van der Waals surface area contributed by atoms with Crippen LogP contribution < -0.4 is 14.8 Å². The lowest BCUT2D eigenvalue weighted by molar-refractivity contribution is 0.354. The van der Waals surface area contributed by atoms with Gasteiger partial charge in [0.2, 0.25) is 0 Å². The number of methoxy groups -OCH3 is 2. The van der Waals surface area contributed by atoms with Crippen LogP contribution in [-0.4, -0.2) is 20.3 Å². The van der Waals surface area contributed by atoms with Crippen LogP contribution in [0.1, 0.15) is 23.3 Å². The summed E-state index contributed by atoms with van der Waals surface area (Å²) in [5.74, 6) is 1.58. The molecule has 1 aromatic heterocycles. The average Bonchev–Trinajstić information content (AvgIpc) is 3.24. The standard InChI is InChI=1S/C17H21NO2S/c1-11-14(6-7-21-11)15-9-17(20-3)16(19-2)8-12(15)10-18-13-4-5-13/h6-9,13,18H,4-5,10H2,1-3H3. The lowest BCUT2D eigenvalue weighted by atomic mass is 9.99. The first-order chi connectivity index (χ1) is 10.2. The van der Waals surface area contributed by atoms with E-state index in [1.807, 2.05) is 0 Å². The minimum atomic E-state index is 0.689. The van der Waals surface area contributed by atoms with Crippen molar-refractivity contribution in [1.29, 1.82) is 0 Å². The van der Waals surface area contributed by atoms with Crippen LogP contribution in [0, 0.1) is 6.92 Å². The van der Waals surface area contributed by atoms with Crippen LogP contribution in [0.4, 0.5) is 0 Å². The molecule has 1 aromatic carbocycles. The zero-order valence-corrected chi connectivity index (χ0v) is 13.5. The van der Waals surface area contributed by atoms with E-state index in [2.05, 4.69) is 35.8 Å². The highest BCUT2D eigenvalue weighted by Crippen LogP contribution is 2.38. The number of ether oxygens (including phenoxy) is 2. The third-order valence-electron chi connectivity index (χ3n) is 3.92. The second-order valence-corrected chi connectivity index (χ2v) is 6.53. The largest absolute Gasteiger partial charge is 0.493 e. The quantitative estimate of drug-likeness (QED) is 0.875. The normalized spacial score (nSPS) is 14.2. The summed E-state index contributed by atoms with van der Waals surface area (Å²) in [6.45, 7) is 3.03.